The van der Waals surface area contributed by atoms with Crippen LogP contribution in [-0.4, -0.2) is 24.9 Å². The molecule has 6 aromatic rings. The summed E-state index contributed by atoms with van der Waals surface area (Å²) in [6.07, 6.45) is 6.56. The van der Waals surface area contributed by atoms with Gasteiger partial charge in [-0.15, -0.1) is 0 Å². The average molecular weight is 875 g/mol. The molecule has 5 aromatic carbocycles. The molecule has 3 aliphatic rings. The molecule has 0 amide bonds. The number of hydrogen-bond donors (Lipinski definition) is 1. The van der Waals surface area contributed by atoms with Gasteiger partial charge in [-0.25, -0.2) is 0 Å². The molecule has 0 spiro atoms. The Kier molecular flexibility index (Phi) is 11.9. The van der Waals surface area contributed by atoms with Gasteiger partial charge in [-0.05, 0) is 122 Å². The fourth-order valence-electron chi connectivity index (χ4n) is 11.4. The molecule has 2 fully saturated rings. The highest BCUT2D eigenvalue weighted by Crippen LogP contribution is 2.51. The zero-order chi connectivity index (χ0) is 46.9. The second-order valence-corrected chi connectivity index (χ2v) is 20.6. The van der Waals surface area contributed by atoms with E-state index < -0.39 is 0 Å². The summed E-state index contributed by atoms with van der Waals surface area (Å²) in [7, 11) is 0. The SMILES string of the molecule is Cc1cc(C)c(N2CC(=C3C(=C4C=Cc5ccc6cccnc6c5N4)N(c4c(C(C)C)cccc4C(C)C)CN3c3c(C(C)C)cccc3C(C)C)N(c3c(C)cc(C)cc3C)C2)c(C)c1. The van der Waals surface area contributed by atoms with E-state index in [1.807, 2.05) is 12.3 Å². The van der Waals surface area contributed by atoms with Crippen LogP contribution in [-0.2, 0) is 0 Å². The maximum atomic E-state index is 5.00. The van der Waals surface area contributed by atoms with Crippen LogP contribution in [0.2, 0.25) is 0 Å². The van der Waals surface area contributed by atoms with E-state index in [0.717, 1.165) is 41.1 Å². The summed E-state index contributed by atoms with van der Waals surface area (Å²) < 4.78 is 0. The Morgan fingerprint density at radius 3 is 1.52 bits per heavy atom. The molecule has 2 saturated heterocycles. The molecule has 66 heavy (non-hydrogen) atoms. The monoisotopic (exact) mass is 875 g/mol. The van der Waals surface area contributed by atoms with Crippen LogP contribution in [0.15, 0.2) is 120 Å². The van der Waals surface area contributed by atoms with Crippen molar-refractivity contribution in [2.45, 2.75) is 121 Å². The van der Waals surface area contributed by atoms with Crippen molar-refractivity contribution in [1.82, 2.24) is 4.98 Å². The van der Waals surface area contributed by atoms with Gasteiger partial charge in [0.05, 0.1) is 47.2 Å². The van der Waals surface area contributed by atoms with Crippen molar-refractivity contribution in [2.24, 2.45) is 0 Å². The van der Waals surface area contributed by atoms with Crippen LogP contribution in [0.4, 0.5) is 28.4 Å². The standard InChI is InChI=1S/C60H70N6/c1-35(2)47-19-15-20-48(36(3)4)57(47)65-34-66(58-49(37(5)6)21-16-22-50(58)38(7)8)60(59(65)51-26-25-46-24-23-45-18-17-27-61-53(45)54(46)62-51)52-32-63(55-41(11)28-39(9)29-42(55)12)33-64(52)56-43(13)30-40(10)31-44(56)14/h15-31,35-38,62H,32-34H2,1-14H3. The number of benzene rings is 5. The Hall–Kier alpha value is -6.27. The molecule has 0 aliphatic carbocycles. The van der Waals surface area contributed by atoms with Gasteiger partial charge in [0.25, 0.3) is 0 Å². The normalized spacial score (nSPS) is 17.5. The fourth-order valence-corrected chi connectivity index (χ4v) is 11.4. The van der Waals surface area contributed by atoms with Crippen molar-refractivity contribution < 1.29 is 0 Å². The number of allylic oxidation sites excluding steroid dienone is 1. The quantitative estimate of drug-likeness (QED) is 0.164. The van der Waals surface area contributed by atoms with Crippen LogP contribution < -0.4 is 24.9 Å². The Morgan fingerprint density at radius 2 is 1.00 bits per heavy atom. The number of rotatable bonds is 8. The molecule has 340 valence electrons. The van der Waals surface area contributed by atoms with Gasteiger partial charge in [-0.2, -0.15) is 0 Å². The number of hydrogen-bond acceptors (Lipinski definition) is 6. The second kappa shape index (κ2) is 17.5. The molecule has 6 nitrogen and oxygen atoms in total. The number of fused-ring (bicyclic) bond motifs is 3. The van der Waals surface area contributed by atoms with Crippen molar-refractivity contribution in [3.63, 3.8) is 0 Å². The number of aromatic nitrogens is 1. The van der Waals surface area contributed by atoms with Gasteiger partial charge in [0.2, 0.25) is 0 Å². The van der Waals surface area contributed by atoms with E-state index in [2.05, 4.69) is 213 Å². The lowest BCUT2D eigenvalue weighted by Crippen LogP contribution is -2.30. The lowest BCUT2D eigenvalue weighted by atomic mass is 9.91. The fraction of sp³-hybridized carbons (Fsp3) is 0.350. The second-order valence-electron chi connectivity index (χ2n) is 20.6. The molecule has 0 bridgehead atoms. The molecule has 1 aromatic heterocycles. The van der Waals surface area contributed by atoms with Crippen molar-refractivity contribution >= 4 is 45.4 Å². The summed E-state index contributed by atoms with van der Waals surface area (Å²) in [4.78, 5) is 15.8. The van der Waals surface area contributed by atoms with E-state index >= 15 is 0 Å². The number of anilines is 5. The number of nitrogens with zero attached hydrogens (tertiary/aromatic N) is 5. The topological polar surface area (TPSA) is 37.9 Å². The maximum Gasteiger partial charge on any atom is 0.100 e. The predicted octanol–water partition coefficient (Wildman–Crippen LogP) is 15.4. The molecule has 9 rings (SSSR count). The predicted molar refractivity (Wildman–Crippen MR) is 284 cm³/mol. The third kappa shape index (κ3) is 7.76. The largest absolute Gasteiger partial charge is 0.351 e. The van der Waals surface area contributed by atoms with E-state index in [1.54, 1.807) is 0 Å². The molecular weight excluding hydrogens is 805 g/mol. The molecule has 0 saturated carbocycles. The average Bonchev–Trinajstić information content (AvgIpc) is 3.86. The van der Waals surface area contributed by atoms with Crippen LogP contribution in [0.5, 0.6) is 0 Å². The van der Waals surface area contributed by atoms with Gasteiger partial charge in [-0.1, -0.05) is 151 Å². The molecule has 0 radical (unpaired) electrons. The number of aryl methyl sites for hydroxylation is 6. The Balaban J connectivity index is 1.46. The van der Waals surface area contributed by atoms with Crippen molar-refractivity contribution in [3.8, 4) is 0 Å². The first-order valence-corrected chi connectivity index (χ1v) is 24.3. The molecule has 6 heteroatoms. The van der Waals surface area contributed by atoms with Gasteiger partial charge in [0, 0.05) is 39.9 Å². The van der Waals surface area contributed by atoms with Gasteiger partial charge in [0.1, 0.15) is 6.67 Å². The highest BCUT2D eigenvalue weighted by atomic mass is 15.4. The van der Waals surface area contributed by atoms with Crippen LogP contribution in [0.3, 0.4) is 0 Å². The minimum Gasteiger partial charge on any atom is -0.351 e. The first-order chi connectivity index (χ1) is 31.5. The van der Waals surface area contributed by atoms with Crippen LogP contribution >= 0.6 is 0 Å². The number of para-hydroxylation sites is 2. The van der Waals surface area contributed by atoms with Gasteiger partial charge in [0.15, 0.2) is 0 Å². The van der Waals surface area contributed by atoms with Crippen molar-refractivity contribution in [3.05, 3.63) is 181 Å². The van der Waals surface area contributed by atoms with E-state index in [0.29, 0.717) is 30.3 Å². The Morgan fingerprint density at radius 1 is 0.500 bits per heavy atom. The zero-order valence-electron chi connectivity index (χ0n) is 42.0. The third-order valence-electron chi connectivity index (χ3n) is 14.1. The molecule has 3 aliphatic heterocycles. The highest BCUT2D eigenvalue weighted by molar-refractivity contribution is 5.98. The van der Waals surface area contributed by atoms with E-state index in [-0.39, 0.29) is 0 Å². The lowest BCUT2D eigenvalue weighted by Gasteiger charge is -2.32. The molecule has 4 heterocycles. The Bertz CT molecular complexity index is 2880. The molecule has 1 N–H and O–H groups in total. The zero-order valence-corrected chi connectivity index (χ0v) is 42.0. The summed E-state index contributed by atoms with van der Waals surface area (Å²) in [5.41, 5.74) is 26.5. The minimum atomic E-state index is 0.303. The van der Waals surface area contributed by atoms with Crippen molar-refractivity contribution in [1.29, 1.82) is 0 Å². The van der Waals surface area contributed by atoms with Crippen molar-refractivity contribution in [2.75, 3.05) is 44.8 Å². The molecular formula is C60H70N6. The van der Waals surface area contributed by atoms with E-state index in [1.165, 1.54) is 95.5 Å². The summed E-state index contributed by atoms with van der Waals surface area (Å²) in [6, 6.07) is 32.1. The van der Waals surface area contributed by atoms with Gasteiger partial charge < -0.3 is 24.9 Å². The number of pyridine rings is 1. The first-order valence-electron chi connectivity index (χ1n) is 24.3. The summed E-state index contributed by atoms with van der Waals surface area (Å²) >= 11 is 0. The maximum absolute atomic E-state index is 5.00. The van der Waals surface area contributed by atoms with Gasteiger partial charge in [-0.3, -0.25) is 4.98 Å². The highest BCUT2D eigenvalue weighted by Gasteiger charge is 2.44. The molecule has 0 unspecified atom stereocenters. The summed E-state index contributed by atoms with van der Waals surface area (Å²) in [6.45, 7) is 34.6. The third-order valence-corrected chi connectivity index (χ3v) is 14.1. The smallest absolute Gasteiger partial charge is 0.100 e. The van der Waals surface area contributed by atoms with Crippen LogP contribution in [0.25, 0.3) is 17.0 Å². The first kappa shape index (κ1) is 44.9. The minimum absolute atomic E-state index is 0.303. The summed E-state index contributed by atoms with van der Waals surface area (Å²) in [5.74, 6) is 1.21. The van der Waals surface area contributed by atoms with E-state index in [9.17, 15) is 0 Å². The van der Waals surface area contributed by atoms with Crippen LogP contribution in [0, 0.1) is 41.5 Å². The summed E-state index contributed by atoms with van der Waals surface area (Å²) in [5, 5.41) is 5.25. The van der Waals surface area contributed by atoms with Gasteiger partial charge >= 0.3 is 0 Å². The Labute approximate surface area is 395 Å². The van der Waals surface area contributed by atoms with Crippen LogP contribution in [0.1, 0.15) is 140 Å². The number of nitrogens with one attached hydrogen (secondary N) is 1. The molecule has 0 atom stereocenters. The van der Waals surface area contributed by atoms with E-state index in [4.69, 9.17) is 4.98 Å². The lowest BCUT2D eigenvalue weighted by molar-refractivity contribution is 0.802.